The van der Waals surface area contributed by atoms with Gasteiger partial charge in [-0.15, -0.1) is 12.4 Å². The molecule has 2 atom stereocenters. The molecule has 0 fully saturated rings. The third-order valence-electron chi connectivity index (χ3n) is 4.45. The summed E-state index contributed by atoms with van der Waals surface area (Å²) >= 11 is 0. The van der Waals surface area contributed by atoms with Crippen molar-refractivity contribution >= 4 is 18.4 Å². The van der Waals surface area contributed by atoms with Gasteiger partial charge in [0, 0.05) is 18.0 Å². The lowest BCUT2D eigenvalue weighted by Gasteiger charge is -2.17. The maximum atomic E-state index is 12.0. The summed E-state index contributed by atoms with van der Waals surface area (Å²) in [6, 6.07) is 15.9. The third-order valence-corrected chi connectivity index (χ3v) is 4.45. The average molecular weight is 347 g/mol. The molecular weight excluding hydrogens is 324 g/mol. The van der Waals surface area contributed by atoms with E-state index in [1.807, 2.05) is 24.3 Å². The third kappa shape index (κ3) is 3.61. The molecule has 24 heavy (non-hydrogen) atoms. The van der Waals surface area contributed by atoms with Crippen LogP contribution in [0.5, 0.6) is 0 Å². The largest absolute Gasteiger partial charge is 0.465 e. The molecule has 1 aliphatic carbocycles. The van der Waals surface area contributed by atoms with Gasteiger partial charge in [-0.2, -0.15) is 0 Å². The number of rotatable bonds is 5. The van der Waals surface area contributed by atoms with Crippen LogP contribution >= 0.6 is 12.4 Å². The van der Waals surface area contributed by atoms with Crippen LogP contribution in [-0.4, -0.2) is 24.7 Å². The number of fused-ring (bicyclic) bond motifs is 3. The van der Waals surface area contributed by atoms with Crippen LogP contribution in [0.4, 0.5) is 0 Å². The van der Waals surface area contributed by atoms with Gasteiger partial charge >= 0.3 is 5.97 Å². The van der Waals surface area contributed by atoms with Gasteiger partial charge in [0.15, 0.2) is 0 Å². The van der Waals surface area contributed by atoms with Gasteiger partial charge in [0.1, 0.15) is 6.61 Å². The van der Waals surface area contributed by atoms with E-state index in [0.29, 0.717) is 6.61 Å². The molecule has 3 rings (SSSR count). The van der Waals surface area contributed by atoms with E-state index < -0.39 is 0 Å². The summed E-state index contributed by atoms with van der Waals surface area (Å²) in [7, 11) is 0. The first-order valence-corrected chi connectivity index (χ1v) is 7.93. The molecule has 2 aromatic carbocycles. The molecule has 2 aromatic rings. The van der Waals surface area contributed by atoms with Crippen molar-refractivity contribution in [3.8, 4) is 11.1 Å². The summed E-state index contributed by atoms with van der Waals surface area (Å²) in [5.74, 6) is -0.213. The first-order chi connectivity index (χ1) is 11.1. The van der Waals surface area contributed by atoms with E-state index in [1.54, 1.807) is 6.92 Å². The Hall–Kier alpha value is -1.88. The van der Waals surface area contributed by atoms with E-state index in [4.69, 9.17) is 16.2 Å². The lowest BCUT2D eigenvalue weighted by atomic mass is 9.98. The molecule has 0 amide bonds. The second-order valence-electron chi connectivity index (χ2n) is 6.14. The number of esters is 1. The minimum Gasteiger partial charge on any atom is -0.465 e. The van der Waals surface area contributed by atoms with Crippen LogP contribution in [0.3, 0.4) is 0 Å². The van der Waals surface area contributed by atoms with Gasteiger partial charge in [-0.3, -0.25) is 4.79 Å². The van der Waals surface area contributed by atoms with Crippen LogP contribution < -0.4 is 11.5 Å². The van der Waals surface area contributed by atoms with Crippen molar-refractivity contribution in [2.24, 2.45) is 11.5 Å². The van der Waals surface area contributed by atoms with E-state index in [0.717, 1.165) is 0 Å². The number of ether oxygens (including phenoxy) is 1. The van der Waals surface area contributed by atoms with Crippen molar-refractivity contribution in [2.75, 3.05) is 6.61 Å². The highest BCUT2D eigenvalue weighted by molar-refractivity contribution is 5.85. The molecule has 0 spiro atoms. The van der Waals surface area contributed by atoms with Gasteiger partial charge in [0.2, 0.25) is 0 Å². The number of carbonyl (C=O) groups excluding carboxylic acids is 1. The molecule has 1 aliphatic rings. The molecule has 0 aliphatic heterocycles. The number of halogens is 1. The van der Waals surface area contributed by atoms with Gasteiger partial charge in [-0.05, 0) is 29.2 Å². The Morgan fingerprint density at radius 1 is 1.04 bits per heavy atom. The summed E-state index contributed by atoms with van der Waals surface area (Å²) in [4.78, 5) is 12.0. The summed E-state index contributed by atoms with van der Waals surface area (Å²) in [6.07, 6.45) is 0.147. The molecule has 0 radical (unpaired) electrons. The van der Waals surface area contributed by atoms with Crippen molar-refractivity contribution < 1.29 is 9.53 Å². The van der Waals surface area contributed by atoms with Gasteiger partial charge in [0.25, 0.3) is 0 Å². The minimum absolute atomic E-state index is 0. The maximum Gasteiger partial charge on any atom is 0.307 e. The first kappa shape index (κ1) is 18.5. The fraction of sp³-hybridized carbons (Fsp3) is 0.316. The Morgan fingerprint density at radius 2 is 1.54 bits per heavy atom. The Morgan fingerprint density at radius 3 is 2.04 bits per heavy atom. The molecule has 2 unspecified atom stereocenters. The molecule has 4 N–H and O–H groups in total. The van der Waals surface area contributed by atoms with E-state index in [1.165, 1.54) is 22.3 Å². The number of benzene rings is 2. The van der Waals surface area contributed by atoms with Gasteiger partial charge in [-0.1, -0.05) is 48.5 Å². The van der Waals surface area contributed by atoms with Crippen LogP contribution in [0.25, 0.3) is 11.1 Å². The van der Waals surface area contributed by atoms with Gasteiger partial charge < -0.3 is 16.2 Å². The molecule has 0 saturated carbocycles. The number of carbonyl (C=O) groups is 1. The summed E-state index contributed by atoms with van der Waals surface area (Å²) in [5, 5.41) is 0. The zero-order chi connectivity index (χ0) is 16.4. The zero-order valence-electron chi connectivity index (χ0n) is 13.6. The number of hydrogen-bond donors (Lipinski definition) is 2. The molecule has 5 heteroatoms. The Balaban J connectivity index is 0.00000208. The fourth-order valence-corrected chi connectivity index (χ4v) is 3.05. The normalized spacial score (nSPS) is 15.0. The Bertz CT molecular complexity index is 673. The molecule has 128 valence electrons. The minimum atomic E-state index is -0.370. The van der Waals surface area contributed by atoms with Crippen LogP contribution in [0.15, 0.2) is 48.5 Å². The summed E-state index contributed by atoms with van der Waals surface area (Å²) in [6.45, 7) is 2.12. The van der Waals surface area contributed by atoms with Crippen molar-refractivity contribution in [1.29, 1.82) is 0 Å². The second-order valence-corrected chi connectivity index (χ2v) is 6.14. The molecule has 4 nitrogen and oxygen atoms in total. The van der Waals surface area contributed by atoms with Crippen molar-refractivity contribution in [1.82, 2.24) is 0 Å². The highest BCUT2D eigenvalue weighted by Gasteiger charge is 2.29. The monoisotopic (exact) mass is 346 g/mol. The summed E-state index contributed by atoms with van der Waals surface area (Å²) < 4.78 is 5.49. The van der Waals surface area contributed by atoms with Gasteiger partial charge in [-0.25, -0.2) is 0 Å². The standard InChI is InChI=1S/C19H22N2O2.ClH/c1-12(20)18(21)10-19(22)23-11-17-15-8-4-2-6-13(15)14-7-3-5-9-16(14)17;/h2-9,12,17-18H,10-11,20-21H2,1H3;1H. The van der Waals surface area contributed by atoms with Crippen LogP contribution in [0, 0.1) is 0 Å². The first-order valence-electron chi connectivity index (χ1n) is 7.93. The van der Waals surface area contributed by atoms with E-state index in [2.05, 4.69) is 24.3 Å². The highest BCUT2D eigenvalue weighted by atomic mass is 35.5. The van der Waals surface area contributed by atoms with Crippen molar-refractivity contribution in [2.45, 2.75) is 31.3 Å². The van der Waals surface area contributed by atoms with Crippen LogP contribution in [0.1, 0.15) is 30.4 Å². The lowest BCUT2D eigenvalue weighted by molar-refractivity contribution is -0.144. The van der Waals surface area contributed by atoms with Crippen LogP contribution in [-0.2, 0) is 9.53 Å². The van der Waals surface area contributed by atoms with E-state index in [9.17, 15) is 4.79 Å². The molecule has 0 heterocycles. The van der Waals surface area contributed by atoms with Crippen LogP contribution in [0.2, 0.25) is 0 Å². The number of nitrogens with two attached hydrogens (primary N) is 2. The van der Waals surface area contributed by atoms with E-state index in [-0.39, 0.29) is 42.8 Å². The average Bonchev–Trinajstić information content (AvgIpc) is 2.87. The zero-order valence-corrected chi connectivity index (χ0v) is 14.5. The smallest absolute Gasteiger partial charge is 0.307 e. The Kier molecular flexibility index (Phi) is 5.99. The Labute approximate surface area is 148 Å². The second kappa shape index (κ2) is 7.79. The maximum absolute atomic E-state index is 12.0. The van der Waals surface area contributed by atoms with E-state index >= 15 is 0 Å². The van der Waals surface area contributed by atoms with Crippen molar-refractivity contribution in [3.05, 3.63) is 59.7 Å². The molecule has 0 saturated heterocycles. The summed E-state index contributed by atoms with van der Waals surface area (Å²) in [5.41, 5.74) is 16.4. The SMILES string of the molecule is CC(N)C(N)CC(=O)OCC1c2ccccc2-c2ccccc21.Cl. The molecular formula is C19H23ClN2O2. The number of hydrogen-bond acceptors (Lipinski definition) is 4. The topological polar surface area (TPSA) is 78.3 Å². The quantitative estimate of drug-likeness (QED) is 0.816. The molecule has 0 bridgehead atoms. The van der Waals surface area contributed by atoms with Gasteiger partial charge in [0.05, 0.1) is 6.42 Å². The van der Waals surface area contributed by atoms with Crippen molar-refractivity contribution in [3.63, 3.8) is 0 Å². The lowest BCUT2D eigenvalue weighted by Crippen LogP contribution is -2.40. The molecule has 0 aromatic heterocycles. The predicted molar refractivity (Wildman–Crippen MR) is 98.2 cm³/mol. The fourth-order valence-electron chi connectivity index (χ4n) is 3.05. The highest BCUT2D eigenvalue weighted by Crippen LogP contribution is 2.44. The predicted octanol–water partition coefficient (Wildman–Crippen LogP) is 2.83.